The van der Waals surface area contributed by atoms with E-state index in [1.807, 2.05) is 38.7 Å². The summed E-state index contributed by atoms with van der Waals surface area (Å²) in [5, 5.41) is 9.56. The predicted molar refractivity (Wildman–Crippen MR) is 105 cm³/mol. The van der Waals surface area contributed by atoms with E-state index in [0.717, 1.165) is 17.4 Å². The lowest BCUT2D eigenvalue weighted by molar-refractivity contribution is 0.0211. The predicted octanol–water partition coefficient (Wildman–Crippen LogP) is 1.18. The normalized spacial score (nSPS) is 17.4. The van der Waals surface area contributed by atoms with Gasteiger partial charge < -0.3 is 14.5 Å². The Kier molecular flexibility index (Phi) is 6.22. The van der Waals surface area contributed by atoms with E-state index in [4.69, 9.17) is 4.74 Å². The minimum atomic E-state index is -0.606. The Morgan fingerprint density at radius 3 is 2.39 bits per heavy atom. The Morgan fingerprint density at radius 1 is 1.21 bits per heavy atom. The van der Waals surface area contributed by atoms with Gasteiger partial charge in [-0.05, 0) is 27.2 Å². The van der Waals surface area contributed by atoms with E-state index in [-0.39, 0.29) is 17.7 Å². The van der Waals surface area contributed by atoms with Crippen molar-refractivity contribution in [3.05, 3.63) is 26.4 Å². The summed E-state index contributed by atoms with van der Waals surface area (Å²) in [7, 11) is 2.92. The Hall–Kier alpha value is -2.76. The average molecular weight is 391 g/mol. The maximum atomic E-state index is 12.5. The minimum absolute atomic E-state index is 0.0589. The zero-order chi connectivity index (χ0) is 21.2. The SMILES string of the molecule is CCCC1CN(C(=O)OC(C)(C)C)CCN1c1c(C#N)c(=O)n(C)c(=O)n1C. The van der Waals surface area contributed by atoms with Crippen molar-refractivity contribution in [1.82, 2.24) is 14.0 Å². The molecule has 0 radical (unpaired) electrons. The number of aromatic nitrogens is 2. The van der Waals surface area contributed by atoms with Crippen LogP contribution in [-0.2, 0) is 18.8 Å². The first-order valence-corrected chi connectivity index (χ1v) is 9.46. The zero-order valence-electron chi connectivity index (χ0n) is 17.5. The van der Waals surface area contributed by atoms with E-state index >= 15 is 0 Å². The molecule has 1 aliphatic rings. The van der Waals surface area contributed by atoms with Crippen molar-refractivity contribution in [2.45, 2.75) is 52.2 Å². The summed E-state index contributed by atoms with van der Waals surface area (Å²) in [5.41, 5.74) is -1.73. The second-order valence-corrected chi connectivity index (χ2v) is 8.08. The number of nitriles is 1. The van der Waals surface area contributed by atoms with Crippen LogP contribution in [-0.4, -0.2) is 51.4 Å². The topological polar surface area (TPSA) is 101 Å². The molecule has 0 spiro atoms. The van der Waals surface area contributed by atoms with Gasteiger partial charge in [0.05, 0.1) is 0 Å². The summed E-state index contributed by atoms with van der Waals surface area (Å²) in [4.78, 5) is 40.9. The molecule has 0 N–H and O–H groups in total. The van der Waals surface area contributed by atoms with E-state index in [1.54, 1.807) is 11.9 Å². The third-order valence-electron chi connectivity index (χ3n) is 4.77. The fraction of sp³-hybridized carbons (Fsp3) is 0.684. The maximum absolute atomic E-state index is 12.5. The van der Waals surface area contributed by atoms with Gasteiger partial charge in [-0.15, -0.1) is 0 Å². The molecule has 1 fully saturated rings. The van der Waals surface area contributed by atoms with Gasteiger partial charge in [0.15, 0.2) is 5.56 Å². The molecule has 0 aliphatic carbocycles. The van der Waals surface area contributed by atoms with Crippen LogP contribution >= 0.6 is 0 Å². The molecule has 28 heavy (non-hydrogen) atoms. The van der Waals surface area contributed by atoms with Gasteiger partial charge in [0.1, 0.15) is 17.5 Å². The number of anilines is 1. The monoisotopic (exact) mass is 391 g/mol. The van der Waals surface area contributed by atoms with E-state index in [2.05, 4.69) is 0 Å². The first-order valence-electron chi connectivity index (χ1n) is 9.46. The van der Waals surface area contributed by atoms with Crippen molar-refractivity contribution in [2.75, 3.05) is 24.5 Å². The molecule has 1 aromatic heterocycles. The summed E-state index contributed by atoms with van der Waals surface area (Å²) < 4.78 is 7.75. The van der Waals surface area contributed by atoms with Gasteiger partial charge in [-0.1, -0.05) is 13.3 Å². The molecule has 1 aliphatic heterocycles. The van der Waals surface area contributed by atoms with Crippen LogP contribution in [0.3, 0.4) is 0 Å². The second-order valence-electron chi connectivity index (χ2n) is 8.08. The lowest BCUT2D eigenvalue weighted by Crippen LogP contribution is -2.57. The molecule has 9 heteroatoms. The number of rotatable bonds is 3. The molecular formula is C19H29N5O4. The van der Waals surface area contributed by atoms with E-state index in [9.17, 15) is 19.6 Å². The Labute approximate surface area is 164 Å². The van der Waals surface area contributed by atoms with Gasteiger partial charge in [-0.25, -0.2) is 9.59 Å². The number of amides is 1. The summed E-state index contributed by atoms with van der Waals surface area (Å²) in [6.45, 7) is 8.66. The van der Waals surface area contributed by atoms with E-state index < -0.39 is 16.9 Å². The number of hydrogen-bond donors (Lipinski definition) is 0. The van der Waals surface area contributed by atoms with Crippen molar-refractivity contribution in [3.8, 4) is 6.07 Å². The molecule has 0 saturated carbocycles. The number of carbonyl (C=O) groups excluding carboxylic acids is 1. The van der Waals surface area contributed by atoms with Crippen LogP contribution in [0.4, 0.5) is 10.6 Å². The summed E-state index contributed by atoms with van der Waals surface area (Å²) in [6.07, 6.45) is 1.21. The van der Waals surface area contributed by atoms with Gasteiger partial charge in [-0.2, -0.15) is 5.26 Å². The number of carbonyl (C=O) groups is 1. The van der Waals surface area contributed by atoms with Gasteiger partial charge in [0.2, 0.25) is 0 Å². The van der Waals surface area contributed by atoms with E-state index in [1.165, 1.54) is 11.6 Å². The summed E-state index contributed by atoms with van der Waals surface area (Å²) >= 11 is 0. The molecule has 1 aromatic rings. The van der Waals surface area contributed by atoms with Crippen molar-refractivity contribution in [2.24, 2.45) is 14.1 Å². The highest BCUT2D eigenvalue weighted by Gasteiger charge is 2.34. The van der Waals surface area contributed by atoms with Crippen LogP contribution in [0.1, 0.15) is 46.1 Å². The van der Waals surface area contributed by atoms with Crippen LogP contribution in [0.15, 0.2) is 9.59 Å². The van der Waals surface area contributed by atoms with Crippen LogP contribution in [0, 0.1) is 11.3 Å². The smallest absolute Gasteiger partial charge is 0.410 e. The van der Waals surface area contributed by atoms with Crippen LogP contribution in [0.25, 0.3) is 0 Å². The fourth-order valence-corrected chi connectivity index (χ4v) is 3.47. The molecule has 9 nitrogen and oxygen atoms in total. The van der Waals surface area contributed by atoms with E-state index in [0.29, 0.717) is 25.5 Å². The summed E-state index contributed by atoms with van der Waals surface area (Å²) in [5.74, 6) is 0.317. The van der Waals surface area contributed by atoms with Crippen molar-refractivity contribution in [3.63, 3.8) is 0 Å². The zero-order valence-corrected chi connectivity index (χ0v) is 17.5. The third-order valence-corrected chi connectivity index (χ3v) is 4.77. The highest BCUT2D eigenvalue weighted by Crippen LogP contribution is 2.24. The molecule has 2 heterocycles. The lowest BCUT2D eigenvalue weighted by atomic mass is 10.1. The molecule has 2 rings (SSSR count). The largest absolute Gasteiger partial charge is 0.444 e. The molecule has 0 bridgehead atoms. The standard InChI is InChI=1S/C19H29N5O4/c1-7-8-13-12-23(18(27)28-19(2,3)4)9-10-24(13)15-14(11-20)16(25)22(6)17(26)21(15)5/h13H,7-10,12H2,1-6H3. The number of piperazine rings is 1. The number of hydrogen-bond acceptors (Lipinski definition) is 6. The molecule has 154 valence electrons. The third kappa shape index (κ3) is 4.21. The molecule has 1 unspecified atom stereocenters. The second kappa shape index (κ2) is 8.09. The quantitative estimate of drug-likeness (QED) is 0.767. The highest BCUT2D eigenvalue weighted by atomic mass is 16.6. The van der Waals surface area contributed by atoms with Crippen molar-refractivity contribution < 1.29 is 9.53 Å². The number of nitrogens with zero attached hydrogens (tertiary/aromatic N) is 5. The highest BCUT2D eigenvalue weighted by molar-refractivity contribution is 5.69. The fourth-order valence-electron chi connectivity index (χ4n) is 3.47. The van der Waals surface area contributed by atoms with Crippen molar-refractivity contribution >= 4 is 11.9 Å². The Bertz CT molecular complexity index is 903. The van der Waals surface area contributed by atoms with Crippen LogP contribution < -0.4 is 16.1 Å². The molecule has 1 atom stereocenters. The van der Waals surface area contributed by atoms with Gasteiger partial charge >= 0.3 is 11.8 Å². The average Bonchev–Trinajstić information content (AvgIpc) is 2.62. The molecule has 1 amide bonds. The number of ether oxygens (including phenoxy) is 1. The Morgan fingerprint density at radius 2 is 1.86 bits per heavy atom. The van der Waals surface area contributed by atoms with Crippen molar-refractivity contribution in [1.29, 1.82) is 5.26 Å². The molecule has 1 saturated heterocycles. The van der Waals surface area contributed by atoms with Crippen LogP contribution in [0.5, 0.6) is 0 Å². The van der Waals surface area contributed by atoms with Crippen LogP contribution in [0.2, 0.25) is 0 Å². The summed E-state index contributed by atoms with van der Waals surface area (Å²) in [6, 6.07) is 1.83. The first kappa shape index (κ1) is 21.5. The maximum Gasteiger partial charge on any atom is 0.410 e. The van der Waals surface area contributed by atoms with Gasteiger partial charge in [0, 0.05) is 39.8 Å². The lowest BCUT2D eigenvalue weighted by Gasteiger charge is -2.43. The van der Waals surface area contributed by atoms with Gasteiger partial charge in [0.25, 0.3) is 5.56 Å². The molecule has 0 aromatic carbocycles. The Balaban J connectivity index is 2.43. The van der Waals surface area contributed by atoms with Gasteiger partial charge in [-0.3, -0.25) is 13.9 Å². The minimum Gasteiger partial charge on any atom is -0.444 e. The molecular weight excluding hydrogens is 362 g/mol. The first-order chi connectivity index (χ1) is 13.0.